The van der Waals surface area contributed by atoms with Crippen LogP contribution in [0.1, 0.15) is 52.7 Å². The van der Waals surface area contributed by atoms with Gasteiger partial charge < -0.3 is 15.1 Å². The highest BCUT2D eigenvalue weighted by atomic mass is 32.1. The Labute approximate surface area is 146 Å². The van der Waals surface area contributed by atoms with E-state index in [1.807, 2.05) is 27.7 Å². The van der Waals surface area contributed by atoms with E-state index in [1.165, 1.54) is 16.0 Å². The Kier molecular flexibility index (Phi) is 5.83. The number of nitrogens with one attached hydrogen (secondary N) is 2. The number of rotatable bonds is 6. The molecule has 0 unspecified atom stereocenters. The van der Waals surface area contributed by atoms with Crippen molar-refractivity contribution in [1.82, 2.24) is 10.6 Å². The van der Waals surface area contributed by atoms with Crippen molar-refractivity contribution in [3.8, 4) is 0 Å². The standard InChI is InChI=1S/C18H24N2O3S/c1-10(2)16(20-17(21)15-7-6-8-23-15)18(22)19-12(4)14-9-11(3)24-13(14)5/h6-10,12,16H,1-5H3,(H,19,22)(H,20,21)/t12-,16-/m1/s1. The monoisotopic (exact) mass is 348 g/mol. The Morgan fingerprint density at radius 1 is 1.17 bits per heavy atom. The molecule has 2 rings (SSSR count). The highest BCUT2D eigenvalue weighted by molar-refractivity contribution is 7.12. The van der Waals surface area contributed by atoms with Gasteiger partial charge in [0.1, 0.15) is 6.04 Å². The Bertz CT molecular complexity index is 704. The molecule has 2 aromatic heterocycles. The number of thiophene rings is 1. The quantitative estimate of drug-likeness (QED) is 0.838. The Balaban J connectivity index is 2.06. The van der Waals surface area contributed by atoms with Crippen molar-refractivity contribution in [3.63, 3.8) is 0 Å². The minimum Gasteiger partial charge on any atom is -0.459 e. The molecule has 0 fully saturated rings. The van der Waals surface area contributed by atoms with Crippen molar-refractivity contribution in [3.05, 3.63) is 45.5 Å². The van der Waals surface area contributed by atoms with Gasteiger partial charge in [0.15, 0.2) is 5.76 Å². The Morgan fingerprint density at radius 3 is 2.38 bits per heavy atom. The van der Waals surface area contributed by atoms with E-state index < -0.39 is 6.04 Å². The molecule has 0 saturated carbocycles. The van der Waals surface area contributed by atoms with Crippen molar-refractivity contribution < 1.29 is 14.0 Å². The Morgan fingerprint density at radius 2 is 1.88 bits per heavy atom. The lowest BCUT2D eigenvalue weighted by Gasteiger charge is -2.23. The van der Waals surface area contributed by atoms with E-state index in [0.29, 0.717) is 0 Å². The van der Waals surface area contributed by atoms with E-state index in [9.17, 15) is 9.59 Å². The smallest absolute Gasteiger partial charge is 0.287 e. The zero-order valence-corrected chi connectivity index (χ0v) is 15.5. The van der Waals surface area contributed by atoms with Crippen LogP contribution in [0.3, 0.4) is 0 Å². The number of aryl methyl sites for hydroxylation is 2. The number of furan rings is 1. The molecule has 2 N–H and O–H groups in total. The fourth-order valence-electron chi connectivity index (χ4n) is 2.62. The molecule has 0 bridgehead atoms. The highest BCUT2D eigenvalue weighted by Gasteiger charge is 2.27. The van der Waals surface area contributed by atoms with E-state index in [4.69, 9.17) is 4.42 Å². The van der Waals surface area contributed by atoms with Gasteiger partial charge in [-0.05, 0) is 50.5 Å². The summed E-state index contributed by atoms with van der Waals surface area (Å²) in [5.74, 6) is -0.419. The van der Waals surface area contributed by atoms with Gasteiger partial charge in [-0.3, -0.25) is 9.59 Å². The van der Waals surface area contributed by atoms with Gasteiger partial charge in [-0.1, -0.05) is 13.8 Å². The first-order chi connectivity index (χ1) is 11.3. The van der Waals surface area contributed by atoms with Crippen LogP contribution in [-0.2, 0) is 4.79 Å². The minimum absolute atomic E-state index is 0.0404. The summed E-state index contributed by atoms with van der Waals surface area (Å²) in [6.45, 7) is 9.86. The molecule has 0 aliphatic rings. The summed E-state index contributed by atoms with van der Waals surface area (Å²) in [7, 11) is 0. The molecular formula is C18H24N2O3S. The van der Waals surface area contributed by atoms with E-state index in [2.05, 4.69) is 23.6 Å². The van der Waals surface area contributed by atoms with Crippen LogP contribution in [0, 0.1) is 19.8 Å². The molecule has 5 nitrogen and oxygen atoms in total. The van der Waals surface area contributed by atoms with Crippen molar-refractivity contribution in [2.24, 2.45) is 5.92 Å². The van der Waals surface area contributed by atoms with Crippen molar-refractivity contribution in [2.45, 2.75) is 46.7 Å². The fraction of sp³-hybridized carbons (Fsp3) is 0.444. The molecule has 130 valence electrons. The van der Waals surface area contributed by atoms with Crippen LogP contribution in [-0.4, -0.2) is 17.9 Å². The maximum Gasteiger partial charge on any atom is 0.287 e. The van der Waals surface area contributed by atoms with Gasteiger partial charge in [-0.25, -0.2) is 0 Å². The van der Waals surface area contributed by atoms with Crippen LogP contribution in [0.2, 0.25) is 0 Å². The van der Waals surface area contributed by atoms with Crippen molar-refractivity contribution in [1.29, 1.82) is 0 Å². The molecule has 0 aromatic carbocycles. The maximum atomic E-state index is 12.6. The van der Waals surface area contributed by atoms with Crippen LogP contribution >= 0.6 is 11.3 Å². The summed E-state index contributed by atoms with van der Waals surface area (Å²) < 4.78 is 5.08. The summed E-state index contributed by atoms with van der Waals surface area (Å²) >= 11 is 1.71. The van der Waals surface area contributed by atoms with E-state index >= 15 is 0 Å². The highest BCUT2D eigenvalue weighted by Crippen LogP contribution is 2.26. The lowest BCUT2D eigenvalue weighted by Crippen LogP contribution is -2.50. The Hall–Kier alpha value is -2.08. The summed E-state index contributed by atoms with van der Waals surface area (Å²) in [6.07, 6.45) is 1.43. The second-order valence-electron chi connectivity index (χ2n) is 6.27. The minimum atomic E-state index is -0.620. The van der Waals surface area contributed by atoms with E-state index in [-0.39, 0.29) is 29.5 Å². The predicted octanol–water partition coefficient (Wildman–Crippen LogP) is 3.59. The molecule has 2 amide bonds. The third kappa shape index (κ3) is 4.26. The van der Waals surface area contributed by atoms with E-state index in [0.717, 1.165) is 5.56 Å². The van der Waals surface area contributed by atoms with Crippen molar-refractivity contribution >= 4 is 23.2 Å². The summed E-state index contributed by atoms with van der Waals surface area (Å²) in [5, 5.41) is 5.76. The van der Waals surface area contributed by atoms with Gasteiger partial charge in [-0.15, -0.1) is 11.3 Å². The van der Waals surface area contributed by atoms with Crippen LogP contribution in [0.25, 0.3) is 0 Å². The number of carbonyl (C=O) groups excluding carboxylic acids is 2. The molecule has 2 aromatic rings. The number of hydrogen-bond acceptors (Lipinski definition) is 4. The predicted molar refractivity (Wildman–Crippen MR) is 95.2 cm³/mol. The summed E-state index contributed by atoms with van der Waals surface area (Å²) in [4.78, 5) is 27.2. The number of amides is 2. The molecule has 2 atom stereocenters. The number of carbonyl (C=O) groups is 2. The molecule has 0 radical (unpaired) electrons. The van der Waals surface area contributed by atoms with Gasteiger partial charge in [0.05, 0.1) is 12.3 Å². The summed E-state index contributed by atoms with van der Waals surface area (Å²) in [5.41, 5.74) is 1.12. The second kappa shape index (κ2) is 7.66. The molecule has 0 aliphatic heterocycles. The first-order valence-corrected chi connectivity index (χ1v) is 8.83. The molecule has 6 heteroatoms. The van der Waals surface area contributed by atoms with Crippen LogP contribution in [0.5, 0.6) is 0 Å². The first-order valence-electron chi connectivity index (χ1n) is 8.01. The topological polar surface area (TPSA) is 71.3 Å². The van der Waals surface area contributed by atoms with Crippen molar-refractivity contribution in [2.75, 3.05) is 0 Å². The average Bonchev–Trinajstić information content (AvgIpc) is 3.13. The average molecular weight is 348 g/mol. The second-order valence-corrected chi connectivity index (χ2v) is 7.73. The van der Waals surface area contributed by atoms with Crippen LogP contribution in [0.15, 0.2) is 28.9 Å². The summed E-state index contributed by atoms with van der Waals surface area (Å²) in [6, 6.07) is 4.58. The number of hydrogen-bond donors (Lipinski definition) is 2. The zero-order valence-electron chi connectivity index (χ0n) is 14.7. The normalized spacial score (nSPS) is 13.6. The molecule has 0 saturated heterocycles. The van der Waals surface area contributed by atoms with Gasteiger partial charge in [0, 0.05) is 9.75 Å². The maximum absolute atomic E-state index is 12.6. The molecule has 0 spiro atoms. The first kappa shape index (κ1) is 18.3. The third-order valence-corrected chi connectivity index (χ3v) is 4.87. The molecule has 2 heterocycles. The largest absolute Gasteiger partial charge is 0.459 e. The SMILES string of the molecule is Cc1cc([C@@H](C)NC(=O)[C@H](NC(=O)c2ccco2)C(C)C)c(C)s1. The van der Waals surface area contributed by atoms with Crippen LogP contribution < -0.4 is 10.6 Å². The third-order valence-electron chi connectivity index (χ3n) is 3.89. The lowest BCUT2D eigenvalue weighted by molar-refractivity contribution is -0.124. The van der Waals surface area contributed by atoms with Crippen LogP contribution in [0.4, 0.5) is 0 Å². The molecular weight excluding hydrogens is 324 g/mol. The fourth-order valence-corrected chi connectivity index (χ4v) is 3.64. The molecule has 24 heavy (non-hydrogen) atoms. The van der Waals surface area contributed by atoms with Gasteiger partial charge in [0.25, 0.3) is 5.91 Å². The zero-order chi connectivity index (χ0) is 17.9. The van der Waals surface area contributed by atoms with Gasteiger partial charge in [-0.2, -0.15) is 0 Å². The molecule has 0 aliphatic carbocycles. The van der Waals surface area contributed by atoms with Gasteiger partial charge >= 0.3 is 0 Å². The van der Waals surface area contributed by atoms with Gasteiger partial charge in [0.2, 0.25) is 5.91 Å². The lowest BCUT2D eigenvalue weighted by atomic mass is 10.0. The van der Waals surface area contributed by atoms with E-state index in [1.54, 1.807) is 23.5 Å².